The third-order valence-electron chi connectivity index (χ3n) is 2.09. The van der Waals surface area contributed by atoms with Crippen molar-refractivity contribution in [2.45, 2.75) is 24.7 Å². The van der Waals surface area contributed by atoms with Gasteiger partial charge in [0.25, 0.3) is 0 Å². The molecule has 0 aromatic rings. The Kier molecular flexibility index (Phi) is 1.43. The fourth-order valence-electron chi connectivity index (χ4n) is 1.45. The minimum absolute atomic E-state index is 0.249. The van der Waals surface area contributed by atoms with E-state index in [0.717, 1.165) is 0 Å². The predicted octanol–water partition coefficient (Wildman–Crippen LogP) is -1.48. The van der Waals surface area contributed by atoms with Crippen molar-refractivity contribution < 1.29 is 9.97 Å². The Labute approximate surface area is 63.5 Å². The molecule has 0 saturated carbocycles. The first-order valence-electron chi connectivity index (χ1n) is 3.63. The van der Waals surface area contributed by atoms with Crippen molar-refractivity contribution >= 4 is 0 Å². The lowest BCUT2D eigenvalue weighted by Crippen LogP contribution is -2.56. The number of fused-ring (bicyclic) bond motifs is 1. The van der Waals surface area contributed by atoms with Crippen LogP contribution in [0.25, 0.3) is 0 Å². The van der Waals surface area contributed by atoms with Gasteiger partial charge in [0, 0.05) is 6.54 Å². The van der Waals surface area contributed by atoms with Crippen LogP contribution < -0.4 is 10.7 Å². The molecule has 2 rings (SSSR count). The minimum atomic E-state index is -0.469. The van der Waals surface area contributed by atoms with Gasteiger partial charge in [0.2, 0.25) is 6.17 Å². The first kappa shape index (κ1) is 6.81. The zero-order valence-electron chi connectivity index (χ0n) is 5.90. The molecule has 0 amide bonds. The average molecular weight is 158 g/mol. The molecule has 3 unspecified atom stereocenters. The van der Waals surface area contributed by atoms with Crippen molar-refractivity contribution in [3.63, 3.8) is 0 Å². The van der Waals surface area contributed by atoms with E-state index in [9.17, 15) is 10.3 Å². The zero-order chi connectivity index (χ0) is 7.84. The van der Waals surface area contributed by atoms with Crippen molar-refractivity contribution in [2.75, 3.05) is 6.54 Å². The lowest BCUT2D eigenvalue weighted by molar-refractivity contribution is -0.563. The van der Waals surface area contributed by atoms with Crippen molar-refractivity contribution in [1.29, 1.82) is 0 Å². The zero-order valence-corrected chi connectivity index (χ0v) is 5.90. The number of nitrogens with one attached hydrogen (secondary N) is 2. The molecule has 2 aliphatic heterocycles. The monoisotopic (exact) mass is 158 g/mol. The second kappa shape index (κ2) is 2.31. The quantitative estimate of drug-likeness (QED) is 0.296. The first-order chi connectivity index (χ1) is 5.29. The summed E-state index contributed by atoms with van der Waals surface area (Å²) in [6, 6.07) is -0.249. The van der Waals surface area contributed by atoms with Crippen LogP contribution in [0.5, 0.6) is 0 Å². The lowest BCUT2D eigenvalue weighted by atomic mass is 10.0. The molecule has 11 heavy (non-hydrogen) atoms. The van der Waals surface area contributed by atoms with Crippen LogP contribution in [-0.4, -0.2) is 34.8 Å². The molecule has 3 atom stereocenters. The molecule has 62 valence electrons. The Hall–Kier alpha value is -0.880. The van der Waals surface area contributed by atoms with Crippen LogP contribution in [0.2, 0.25) is 0 Å². The molecule has 0 aromatic carbocycles. The fourth-order valence-corrected chi connectivity index (χ4v) is 1.45. The molecule has 2 aliphatic rings. The highest BCUT2D eigenvalue weighted by atomic mass is 16.5. The third-order valence-corrected chi connectivity index (χ3v) is 2.09. The maximum atomic E-state index is 10.9. The SMILES string of the molecule is [O-][N+]1=NNC2C(O)CCNC21. The number of hydrogen-bond acceptors (Lipinski definition) is 5. The van der Waals surface area contributed by atoms with E-state index in [1.807, 2.05) is 0 Å². The summed E-state index contributed by atoms with van der Waals surface area (Å²) in [7, 11) is 0. The summed E-state index contributed by atoms with van der Waals surface area (Å²) in [6.45, 7) is 0.665. The summed E-state index contributed by atoms with van der Waals surface area (Å²) < 4.78 is 0. The molecule has 3 N–H and O–H groups in total. The molecular formula is C5H10N4O2. The summed E-state index contributed by atoms with van der Waals surface area (Å²) in [6.07, 6.45) is -0.194. The maximum Gasteiger partial charge on any atom is 0.217 e. The Bertz CT molecular complexity index is 195. The minimum Gasteiger partial charge on any atom is -0.694 e. The van der Waals surface area contributed by atoms with Crippen LogP contribution in [0.15, 0.2) is 5.22 Å². The fraction of sp³-hybridized carbons (Fsp3) is 1.00. The highest BCUT2D eigenvalue weighted by molar-refractivity contribution is 4.87. The van der Waals surface area contributed by atoms with Gasteiger partial charge < -0.3 is 10.3 Å². The van der Waals surface area contributed by atoms with Crippen LogP contribution in [0, 0.1) is 5.21 Å². The van der Waals surface area contributed by atoms with Crippen LogP contribution in [-0.2, 0) is 0 Å². The summed E-state index contributed by atoms with van der Waals surface area (Å²) in [5.74, 6) is 0. The molecule has 0 aromatic heterocycles. The summed E-state index contributed by atoms with van der Waals surface area (Å²) in [4.78, 5) is 0.563. The van der Waals surface area contributed by atoms with E-state index in [4.69, 9.17) is 0 Å². The van der Waals surface area contributed by atoms with Crippen LogP contribution in [0.4, 0.5) is 0 Å². The van der Waals surface area contributed by atoms with E-state index in [1.54, 1.807) is 0 Å². The standard InChI is InChI=1S/C5H10N4O2/c10-3-1-2-6-5-4(3)7-8-9(5)11/h3-7,10H,1-2H2. The van der Waals surface area contributed by atoms with E-state index in [0.29, 0.717) is 17.8 Å². The van der Waals surface area contributed by atoms with Gasteiger partial charge in [-0.3, -0.25) is 5.32 Å². The number of nitrogens with zero attached hydrogens (tertiary/aromatic N) is 2. The largest absolute Gasteiger partial charge is 0.694 e. The summed E-state index contributed by atoms with van der Waals surface area (Å²) in [5, 5.41) is 26.6. The van der Waals surface area contributed by atoms with E-state index >= 15 is 0 Å². The van der Waals surface area contributed by atoms with Crippen LogP contribution in [0.3, 0.4) is 0 Å². The molecule has 0 aliphatic carbocycles. The topological polar surface area (TPSA) is 82.7 Å². The molecule has 1 fully saturated rings. The molecular weight excluding hydrogens is 148 g/mol. The van der Waals surface area contributed by atoms with Crippen molar-refractivity contribution in [2.24, 2.45) is 5.22 Å². The van der Waals surface area contributed by atoms with Gasteiger partial charge in [-0.1, -0.05) is 0 Å². The summed E-state index contributed by atoms with van der Waals surface area (Å²) >= 11 is 0. The van der Waals surface area contributed by atoms with Crippen molar-refractivity contribution in [1.82, 2.24) is 10.7 Å². The highest BCUT2D eigenvalue weighted by Gasteiger charge is 2.42. The van der Waals surface area contributed by atoms with Crippen molar-refractivity contribution in [3.8, 4) is 0 Å². The first-order valence-corrected chi connectivity index (χ1v) is 3.63. The second-order valence-electron chi connectivity index (χ2n) is 2.81. The van der Waals surface area contributed by atoms with Gasteiger partial charge in [-0.25, -0.2) is 0 Å². The van der Waals surface area contributed by atoms with E-state index in [2.05, 4.69) is 16.0 Å². The van der Waals surface area contributed by atoms with Gasteiger partial charge in [0.1, 0.15) is 6.10 Å². The molecule has 2 heterocycles. The number of piperidine rings is 1. The molecule has 6 heteroatoms. The van der Waals surface area contributed by atoms with E-state index < -0.39 is 12.3 Å². The van der Waals surface area contributed by atoms with Gasteiger partial charge in [-0.15, -0.1) is 4.86 Å². The number of hydrogen-bond donors (Lipinski definition) is 3. The number of aliphatic hydroxyl groups is 1. The highest BCUT2D eigenvalue weighted by Crippen LogP contribution is 2.14. The Morgan fingerprint density at radius 3 is 3.18 bits per heavy atom. The Morgan fingerprint density at radius 2 is 2.45 bits per heavy atom. The summed E-state index contributed by atoms with van der Waals surface area (Å²) in [5.41, 5.74) is 2.58. The molecule has 6 nitrogen and oxygen atoms in total. The van der Waals surface area contributed by atoms with Gasteiger partial charge in [-0.2, -0.15) is 5.43 Å². The Morgan fingerprint density at radius 1 is 1.64 bits per heavy atom. The number of aliphatic hydroxyl groups excluding tert-OH is 1. The second-order valence-corrected chi connectivity index (χ2v) is 2.81. The van der Waals surface area contributed by atoms with Crippen LogP contribution in [0.1, 0.15) is 6.42 Å². The molecule has 1 saturated heterocycles. The van der Waals surface area contributed by atoms with Gasteiger partial charge in [0.05, 0.1) is 5.22 Å². The molecule has 0 spiro atoms. The van der Waals surface area contributed by atoms with E-state index in [-0.39, 0.29) is 6.04 Å². The Balaban J connectivity index is 2.12. The lowest BCUT2D eigenvalue weighted by Gasteiger charge is -2.26. The van der Waals surface area contributed by atoms with Crippen LogP contribution >= 0.6 is 0 Å². The van der Waals surface area contributed by atoms with Gasteiger partial charge >= 0.3 is 0 Å². The average Bonchev–Trinajstić information content (AvgIpc) is 2.35. The van der Waals surface area contributed by atoms with Gasteiger partial charge in [0.15, 0.2) is 6.04 Å². The normalized spacial score (nSPS) is 42.6. The number of hydroxylamine groups is 1. The van der Waals surface area contributed by atoms with Gasteiger partial charge in [-0.05, 0) is 6.42 Å². The smallest absolute Gasteiger partial charge is 0.217 e. The maximum absolute atomic E-state index is 10.9. The van der Waals surface area contributed by atoms with E-state index in [1.165, 1.54) is 0 Å². The molecule has 0 bridgehead atoms. The third kappa shape index (κ3) is 0.945. The predicted molar refractivity (Wildman–Crippen MR) is 35.4 cm³/mol. The molecule has 0 radical (unpaired) electrons. The van der Waals surface area contributed by atoms with Crippen molar-refractivity contribution in [3.05, 3.63) is 5.21 Å². The number of rotatable bonds is 0.